The Bertz CT molecular complexity index is 411. The minimum Gasteiger partial charge on any atom is -0.378 e. The van der Waals surface area contributed by atoms with E-state index < -0.39 is 0 Å². The van der Waals surface area contributed by atoms with Gasteiger partial charge in [0.1, 0.15) is 5.82 Å². The fraction of sp³-hybridized carbons (Fsp3) is 0.769. The van der Waals surface area contributed by atoms with E-state index in [-0.39, 0.29) is 23.8 Å². The molecule has 2 rings (SSSR count). The highest BCUT2D eigenvalue weighted by molar-refractivity contribution is 5.90. The van der Waals surface area contributed by atoms with E-state index in [0.29, 0.717) is 6.54 Å². The average Bonchev–Trinajstić information content (AvgIpc) is 2.89. The minimum absolute atomic E-state index is 0.216. The Labute approximate surface area is 113 Å². The highest BCUT2D eigenvalue weighted by atomic mass is 16.5. The minimum atomic E-state index is -0.223. The van der Waals surface area contributed by atoms with E-state index in [2.05, 4.69) is 20.5 Å². The smallest absolute Gasteiger partial charge is 0.290 e. The Morgan fingerprint density at radius 2 is 2.37 bits per heavy atom. The largest absolute Gasteiger partial charge is 0.378 e. The van der Waals surface area contributed by atoms with Crippen molar-refractivity contribution in [2.24, 2.45) is 0 Å². The summed E-state index contributed by atoms with van der Waals surface area (Å²) in [6, 6.07) is 0. The summed E-state index contributed by atoms with van der Waals surface area (Å²) >= 11 is 0. The van der Waals surface area contributed by atoms with Gasteiger partial charge in [-0.25, -0.2) is 4.98 Å². The van der Waals surface area contributed by atoms with Gasteiger partial charge in [0.25, 0.3) is 5.91 Å². The van der Waals surface area contributed by atoms with Crippen molar-refractivity contribution in [3.63, 3.8) is 0 Å². The number of aromatic amines is 1. The normalized spacial score (nSPS) is 19.6. The van der Waals surface area contributed by atoms with Gasteiger partial charge in [0.2, 0.25) is 5.82 Å². The lowest BCUT2D eigenvalue weighted by Crippen LogP contribution is -2.30. The number of carbonyl (C=O) groups excluding carboxylic acids is 1. The third kappa shape index (κ3) is 4.02. The second kappa shape index (κ2) is 6.65. The number of hydrogen-bond acceptors (Lipinski definition) is 4. The zero-order valence-corrected chi connectivity index (χ0v) is 11.6. The van der Waals surface area contributed by atoms with Crippen LogP contribution < -0.4 is 5.32 Å². The van der Waals surface area contributed by atoms with Crippen LogP contribution in [-0.2, 0) is 4.74 Å². The fourth-order valence-electron chi connectivity index (χ4n) is 2.09. The summed E-state index contributed by atoms with van der Waals surface area (Å²) in [5, 5.41) is 9.54. The highest BCUT2D eigenvalue weighted by Gasteiger charge is 2.16. The van der Waals surface area contributed by atoms with Gasteiger partial charge in [-0.3, -0.25) is 9.89 Å². The Balaban J connectivity index is 1.74. The van der Waals surface area contributed by atoms with Crippen LogP contribution in [0.25, 0.3) is 0 Å². The molecule has 1 aliphatic rings. The first-order valence-electron chi connectivity index (χ1n) is 6.99. The molecule has 2 heterocycles. The lowest BCUT2D eigenvalue weighted by Gasteiger charge is -2.22. The van der Waals surface area contributed by atoms with Crippen molar-refractivity contribution < 1.29 is 9.53 Å². The molecule has 1 fully saturated rings. The van der Waals surface area contributed by atoms with Gasteiger partial charge in [-0.1, -0.05) is 13.8 Å². The van der Waals surface area contributed by atoms with E-state index in [9.17, 15) is 4.79 Å². The molecule has 2 N–H and O–H groups in total. The molecule has 1 saturated heterocycles. The van der Waals surface area contributed by atoms with E-state index in [0.717, 1.165) is 31.7 Å². The van der Waals surface area contributed by atoms with E-state index in [1.807, 2.05) is 13.8 Å². The Hall–Kier alpha value is -1.43. The zero-order chi connectivity index (χ0) is 13.7. The topological polar surface area (TPSA) is 79.9 Å². The molecule has 1 aromatic heterocycles. The molecule has 0 radical (unpaired) electrons. The number of aromatic nitrogens is 3. The summed E-state index contributed by atoms with van der Waals surface area (Å²) in [6.45, 7) is 5.46. The standard InChI is InChI=1S/C13H22N4O2/c1-9(2)11-15-12(17-16-11)13(18)14-7-6-10-5-3-4-8-19-10/h9-10H,3-8H2,1-2H3,(H,14,18)(H,15,16,17). The quantitative estimate of drug-likeness (QED) is 0.848. The lowest BCUT2D eigenvalue weighted by molar-refractivity contribution is 0.0117. The molecule has 6 heteroatoms. The SMILES string of the molecule is CC(C)c1nc(C(=O)NCCC2CCCCO2)n[nH]1. The summed E-state index contributed by atoms with van der Waals surface area (Å²) < 4.78 is 5.61. The Morgan fingerprint density at radius 3 is 3.00 bits per heavy atom. The Kier molecular flexibility index (Phi) is 4.90. The first-order chi connectivity index (χ1) is 9.16. The van der Waals surface area contributed by atoms with Crippen LogP contribution in [0.15, 0.2) is 0 Å². The molecular weight excluding hydrogens is 244 g/mol. The van der Waals surface area contributed by atoms with E-state index >= 15 is 0 Å². The fourth-order valence-corrected chi connectivity index (χ4v) is 2.09. The Morgan fingerprint density at radius 1 is 1.53 bits per heavy atom. The summed E-state index contributed by atoms with van der Waals surface area (Å²) in [7, 11) is 0. The number of carbonyl (C=O) groups is 1. The van der Waals surface area contributed by atoms with Crippen molar-refractivity contribution in [3.05, 3.63) is 11.6 Å². The molecule has 19 heavy (non-hydrogen) atoms. The summed E-state index contributed by atoms with van der Waals surface area (Å²) in [6.07, 6.45) is 4.60. The van der Waals surface area contributed by atoms with E-state index in [1.165, 1.54) is 6.42 Å². The molecule has 0 spiro atoms. The number of nitrogens with zero attached hydrogens (tertiary/aromatic N) is 2. The van der Waals surface area contributed by atoms with Crippen LogP contribution in [0.1, 0.15) is 61.9 Å². The maximum Gasteiger partial charge on any atom is 0.290 e. The summed E-state index contributed by atoms with van der Waals surface area (Å²) in [5.41, 5.74) is 0. The predicted molar refractivity (Wildman–Crippen MR) is 71.0 cm³/mol. The van der Waals surface area contributed by atoms with Gasteiger partial charge in [0.15, 0.2) is 0 Å². The maximum absolute atomic E-state index is 11.8. The van der Waals surface area contributed by atoms with Crippen LogP contribution in [0.3, 0.4) is 0 Å². The van der Waals surface area contributed by atoms with Gasteiger partial charge in [0.05, 0.1) is 6.10 Å². The van der Waals surface area contributed by atoms with Gasteiger partial charge in [-0.05, 0) is 25.7 Å². The molecule has 0 aromatic carbocycles. The van der Waals surface area contributed by atoms with Gasteiger partial charge in [0, 0.05) is 19.1 Å². The molecule has 6 nitrogen and oxygen atoms in total. The molecule has 0 aliphatic carbocycles. The molecule has 1 amide bonds. The second-order valence-corrected chi connectivity index (χ2v) is 5.23. The van der Waals surface area contributed by atoms with Crippen LogP contribution in [0.4, 0.5) is 0 Å². The van der Waals surface area contributed by atoms with Crippen LogP contribution >= 0.6 is 0 Å². The van der Waals surface area contributed by atoms with E-state index in [1.54, 1.807) is 0 Å². The number of H-pyrrole nitrogens is 1. The number of hydrogen-bond donors (Lipinski definition) is 2. The molecule has 1 atom stereocenters. The first kappa shape index (κ1) is 14.0. The van der Waals surface area contributed by atoms with Crippen molar-refractivity contribution in [1.82, 2.24) is 20.5 Å². The third-order valence-electron chi connectivity index (χ3n) is 3.28. The predicted octanol–water partition coefficient (Wildman–Crippen LogP) is 1.62. The van der Waals surface area contributed by atoms with Gasteiger partial charge >= 0.3 is 0 Å². The van der Waals surface area contributed by atoms with Crippen molar-refractivity contribution in [2.75, 3.05) is 13.2 Å². The number of ether oxygens (including phenoxy) is 1. The zero-order valence-electron chi connectivity index (χ0n) is 11.6. The van der Waals surface area contributed by atoms with Crippen LogP contribution in [-0.4, -0.2) is 40.3 Å². The summed E-state index contributed by atoms with van der Waals surface area (Å²) in [4.78, 5) is 16.0. The van der Waals surface area contributed by atoms with E-state index in [4.69, 9.17) is 4.74 Å². The molecular formula is C13H22N4O2. The van der Waals surface area contributed by atoms with Gasteiger partial charge in [-0.15, -0.1) is 5.10 Å². The number of amides is 1. The molecule has 0 saturated carbocycles. The number of rotatable bonds is 5. The molecule has 1 unspecified atom stereocenters. The van der Waals surface area contributed by atoms with Crippen LogP contribution in [0, 0.1) is 0 Å². The monoisotopic (exact) mass is 266 g/mol. The van der Waals surface area contributed by atoms with Crippen molar-refractivity contribution in [2.45, 2.75) is 51.6 Å². The third-order valence-corrected chi connectivity index (χ3v) is 3.28. The van der Waals surface area contributed by atoms with Crippen molar-refractivity contribution >= 4 is 5.91 Å². The van der Waals surface area contributed by atoms with Crippen molar-refractivity contribution in [1.29, 1.82) is 0 Å². The first-order valence-corrected chi connectivity index (χ1v) is 6.99. The maximum atomic E-state index is 11.8. The van der Waals surface area contributed by atoms with Crippen LogP contribution in [0.2, 0.25) is 0 Å². The molecule has 1 aliphatic heterocycles. The van der Waals surface area contributed by atoms with Crippen LogP contribution in [0.5, 0.6) is 0 Å². The molecule has 106 valence electrons. The second-order valence-electron chi connectivity index (χ2n) is 5.23. The van der Waals surface area contributed by atoms with Crippen molar-refractivity contribution in [3.8, 4) is 0 Å². The highest BCUT2D eigenvalue weighted by Crippen LogP contribution is 2.14. The molecule has 1 aromatic rings. The number of nitrogens with one attached hydrogen (secondary N) is 2. The van der Waals surface area contributed by atoms with Gasteiger partial charge < -0.3 is 10.1 Å². The average molecular weight is 266 g/mol. The summed E-state index contributed by atoms with van der Waals surface area (Å²) in [5.74, 6) is 0.970. The lowest BCUT2D eigenvalue weighted by atomic mass is 10.1. The van der Waals surface area contributed by atoms with Gasteiger partial charge in [-0.2, -0.15) is 0 Å². The molecule has 0 bridgehead atoms.